The van der Waals surface area contributed by atoms with Crippen LogP contribution >= 0.6 is 0 Å². The summed E-state index contributed by atoms with van der Waals surface area (Å²) in [5, 5.41) is 0. The average molecular weight is 324 g/mol. The van der Waals surface area contributed by atoms with Crippen molar-refractivity contribution in [3.05, 3.63) is 54.1 Å². The number of para-hydroxylation sites is 1. The second kappa shape index (κ2) is 6.08. The molecule has 1 heterocycles. The predicted molar refractivity (Wildman–Crippen MR) is 94.1 cm³/mol. The van der Waals surface area contributed by atoms with Crippen LogP contribution in [0.1, 0.15) is 38.1 Å². The van der Waals surface area contributed by atoms with E-state index in [4.69, 9.17) is 14.0 Å². The monoisotopic (exact) mass is 324 g/mol. The zero-order valence-electron chi connectivity index (χ0n) is 14.4. The lowest BCUT2D eigenvalue weighted by molar-refractivity contribution is 0.00578. The summed E-state index contributed by atoms with van der Waals surface area (Å²) < 4.78 is 18.0. The van der Waals surface area contributed by atoms with Gasteiger partial charge in [-0.2, -0.15) is 0 Å². The molecule has 0 radical (unpaired) electrons. The molecular formula is C19H21BO4. The highest BCUT2D eigenvalue weighted by atomic mass is 16.7. The van der Waals surface area contributed by atoms with E-state index in [0.717, 1.165) is 12.0 Å². The van der Waals surface area contributed by atoms with Crippen LogP contribution in [0.5, 0.6) is 11.5 Å². The summed E-state index contributed by atoms with van der Waals surface area (Å²) in [5.74, 6) is 1.37. The van der Waals surface area contributed by atoms with Crippen molar-refractivity contribution in [3.63, 3.8) is 0 Å². The van der Waals surface area contributed by atoms with Crippen molar-refractivity contribution in [2.45, 2.75) is 38.9 Å². The standard InChI is InChI=1S/C19H21BO4/c1-18(2)19(3,4)24-20(23-18)17-12-16(11-10-14(17)13-21)22-15-8-6-5-7-9-15/h5-13H,1-4H3. The van der Waals surface area contributed by atoms with Gasteiger partial charge in [0.25, 0.3) is 0 Å². The van der Waals surface area contributed by atoms with Gasteiger partial charge in [0.1, 0.15) is 17.8 Å². The van der Waals surface area contributed by atoms with E-state index in [9.17, 15) is 4.79 Å². The number of benzene rings is 2. The van der Waals surface area contributed by atoms with Crippen molar-refractivity contribution in [3.8, 4) is 11.5 Å². The van der Waals surface area contributed by atoms with Crippen LogP contribution in [0, 0.1) is 0 Å². The Balaban J connectivity index is 1.92. The molecule has 0 aliphatic carbocycles. The van der Waals surface area contributed by atoms with Gasteiger partial charge in [0.15, 0.2) is 0 Å². The summed E-state index contributed by atoms with van der Waals surface area (Å²) in [7, 11) is -0.602. The predicted octanol–water partition coefficient (Wildman–Crippen LogP) is 3.59. The molecule has 0 N–H and O–H groups in total. The first kappa shape index (κ1) is 16.7. The number of hydrogen-bond acceptors (Lipinski definition) is 4. The lowest BCUT2D eigenvalue weighted by Crippen LogP contribution is -2.41. The quantitative estimate of drug-likeness (QED) is 0.637. The molecule has 0 amide bonds. The second-order valence-electron chi connectivity index (χ2n) is 6.91. The number of rotatable bonds is 4. The van der Waals surface area contributed by atoms with Crippen LogP contribution in [0.15, 0.2) is 48.5 Å². The third-order valence-electron chi connectivity index (χ3n) is 4.67. The highest BCUT2D eigenvalue weighted by molar-refractivity contribution is 6.63. The van der Waals surface area contributed by atoms with Crippen molar-refractivity contribution < 1.29 is 18.8 Å². The van der Waals surface area contributed by atoms with Gasteiger partial charge in [-0.25, -0.2) is 0 Å². The van der Waals surface area contributed by atoms with Gasteiger partial charge in [-0.3, -0.25) is 4.79 Å². The van der Waals surface area contributed by atoms with E-state index in [0.29, 0.717) is 16.8 Å². The Labute approximate surface area is 142 Å². The van der Waals surface area contributed by atoms with Gasteiger partial charge in [-0.15, -0.1) is 0 Å². The van der Waals surface area contributed by atoms with Gasteiger partial charge in [-0.05, 0) is 63.5 Å². The summed E-state index contributed by atoms with van der Waals surface area (Å²) in [4.78, 5) is 11.4. The average Bonchev–Trinajstić information content (AvgIpc) is 2.76. The van der Waals surface area contributed by atoms with Crippen LogP contribution in [0.25, 0.3) is 0 Å². The highest BCUT2D eigenvalue weighted by Crippen LogP contribution is 2.37. The highest BCUT2D eigenvalue weighted by Gasteiger charge is 2.52. The molecule has 5 heteroatoms. The molecule has 0 unspecified atom stereocenters. The molecule has 0 aromatic heterocycles. The van der Waals surface area contributed by atoms with E-state index in [-0.39, 0.29) is 0 Å². The van der Waals surface area contributed by atoms with E-state index < -0.39 is 18.3 Å². The molecule has 0 bridgehead atoms. The Bertz CT molecular complexity index is 724. The summed E-state index contributed by atoms with van der Waals surface area (Å²) in [6.07, 6.45) is 0.812. The Morgan fingerprint density at radius 3 is 2.12 bits per heavy atom. The van der Waals surface area contributed by atoms with Gasteiger partial charge in [-0.1, -0.05) is 18.2 Å². The molecule has 2 aromatic carbocycles. The molecule has 1 aliphatic heterocycles. The molecule has 124 valence electrons. The normalized spacial score (nSPS) is 18.4. The maximum Gasteiger partial charge on any atom is 0.495 e. The Hall–Kier alpha value is -2.11. The van der Waals surface area contributed by atoms with Gasteiger partial charge in [0, 0.05) is 5.56 Å². The minimum atomic E-state index is -0.602. The van der Waals surface area contributed by atoms with Crippen molar-refractivity contribution in [2.75, 3.05) is 0 Å². The smallest absolute Gasteiger partial charge is 0.457 e. The zero-order valence-corrected chi connectivity index (χ0v) is 14.4. The SMILES string of the molecule is CC1(C)OB(c2cc(Oc3ccccc3)ccc2C=O)OC1(C)C. The first-order valence-electron chi connectivity index (χ1n) is 8.00. The van der Waals surface area contributed by atoms with Crippen molar-refractivity contribution in [2.24, 2.45) is 0 Å². The first-order valence-corrected chi connectivity index (χ1v) is 8.00. The molecule has 0 saturated carbocycles. The summed E-state index contributed by atoms with van der Waals surface area (Å²) in [5.41, 5.74) is 0.286. The number of ether oxygens (including phenoxy) is 1. The number of carbonyl (C=O) groups excluding carboxylic acids is 1. The van der Waals surface area contributed by atoms with Crippen LogP contribution in [-0.4, -0.2) is 24.6 Å². The number of hydrogen-bond donors (Lipinski definition) is 0. The number of aldehydes is 1. The maximum atomic E-state index is 11.4. The molecule has 1 aliphatic rings. The van der Waals surface area contributed by atoms with Crippen molar-refractivity contribution in [1.29, 1.82) is 0 Å². The van der Waals surface area contributed by atoms with Gasteiger partial charge >= 0.3 is 7.12 Å². The topological polar surface area (TPSA) is 44.8 Å². The van der Waals surface area contributed by atoms with Crippen LogP contribution in [0.2, 0.25) is 0 Å². The van der Waals surface area contributed by atoms with Crippen LogP contribution in [0.4, 0.5) is 0 Å². The molecular weight excluding hydrogens is 303 g/mol. The zero-order chi connectivity index (χ0) is 17.4. The van der Waals surface area contributed by atoms with E-state index in [1.807, 2.05) is 58.0 Å². The van der Waals surface area contributed by atoms with Crippen LogP contribution in [0.3, 0.4) is 0 Å². The fraction of sp³-hybridized carbons (Fsp3) is 0.316. The molecule has 0 spiro atoms. The summed E-state index contributed by atoms with van der Waals surface area (Å²) >= 11 is 0. The van der Waals surface area contributed by atoms with Gasteiger partial charge in [0.05, 0.1) is 11.2 Å². The lowest BCUT2D eigenvalue weighted by Gasteiger charge is -2.32. The minimum absolute atomic E-state index is 0.464. The third kappa shape index (κ3) is 3.10. The van der Waals surface area contributed by atoms with Crippen molar-refractivity contribution in [1.82, 2.24) is 0 Å². The minimum Gasteiger partial charge on any atom is -0.457 e. The molecule has 0 atom stereocenters. The number of carbonyl (C=O) groups is 1. The third-order valence-corrected chi connectivity index (χ3v) is 4.67. The largest absolute Gasteiger partial charge is 0.495 e. The summed E-state index contributed by atoms with van der Waals surface area (Å²) in [6.45, 7) is 7.94. The molecule has 4 nitrogen and oxygen atoms in total. The fourth-order valence-electron chi connectivity index (χ4n) is 2.52. The van der Waals surface area contributed by atoms with E-state index in [2.05, 4.69) is 0 Å². The first-order chi connectivity index (χ1) is 11.3. The Morgan fingerprint density at radius 1 is 0.917 bits per heavy atom. The summed E-state index contributed by atoms with van der Waals surface area (Å²) in [6, 6.07) is 14.8. The van der Waals surface area contributed by atoms with Crippen molar-refractivity contribution >= 4 is 18.9 Å². The molecule has 1 saturated heterocycles. The Kier molecular flexibility index (Phi) is 4.24. The van der Waals surface area contributed by atoms with Crippen LogP contribution < -0.4 is 10.2 Å². The molecule has 3 rings (SSSR count). The lowest BCUT2D eigenvalue weighted by atomic mass is 9.76. The molecule has 24 heavy (non-hydrogen) atoms. The Morgan fingerprint density at radius 2 is 1.54 bits per heavy atom. The fourth-order valence-corrected chi connectivity index (χ4v) is 2.52. The van der Waals surface area contributed by atoms with E-state index >= 15 is 0 Å². The maximum absolute atomic E-state index is 11.4. The molecule has 1 fully saturated rings. The van der Waals surface area contributed by atoms with Gasteiger partial charge in [0.2, 0.25) is 0 Å². The van der Waals surface area contributed by atoms with Gasteiger partial charge < -0.3 is 14.0 Å². The van der Waals surface area contributed by atoms with E-state index in [1.54, 1.807) is 18.2 Å². The van der Waals surface area contributed by atoms with Crippen LogP contribution in [-0.2, 0) is 9.31 Å². The second-order valence-corrected chi connectivity index (χ2v) is 6.91. The van der Waals surface area contributed by atoms with E-state index in [1.165, 1.54) is 0 Å². The molecule has 2 aromatic rings.